The predicted molar refractivity (Wildman–Crippen MR) is 122 cm³/mol. The van der Waals surface area contributed by atoms with Crippen molar-refractivity contribution in [2.45, 2.75) is 60.5 Å². The number of imidazole rings is 1. The second-order valence-corrected chi connectivity index (χ2v) is 8.96. The van der Waals surface area contributed by atoms with Crippen LogP contribution in [0, 0.1) is 19.3 Å². The van der Waals surface area contributed by atoms with E-state index >= 15 is 0 Å². The first-order valence-corrected chi connectivity index (χ1v) is 10.6. The summed E-state index contributed by atoms with van der Waals surface area (Å²) in [6.07, 6.45) is 0.848. The highest BCUT2D eigenvalue weighted by Crippen LogP contribution is 2.24. The maximum atomic E-state index is 12.5. The van der Waals surface area contributed by atoms with Crippen LogP contribution in [0.5, 0.6) is 5.75 Å². The van der Waals surface area contributed by atoms with E-state index < -0.39 is 5.41 Å². The summed E-state index contributed by atoms with van der Waals surface area (Å²) in [7, 11) is 0. The van der Waals surface area contributed by atoms with Gasteiger partial charge in [0, 0.05) is 12.0 Å². The van der Waals surface area contributed by atoms with Crippen molar-refractivity contribution in [1.29, 1.82) is 0 Å². The molecule has 1 aromatic heterocycles. The Bertz CT molecular complexity index is 1030. The van der Waals surface area contributed by atoms with Crippen LogP contribution in [0.15, 0.2) is 42.5 Å². The summed E-state index contributed by atoms with van der Waals surface area (Å²) in [5, 5.41) is 3.11. The molecule has 0 bridgehead atoms. The average Bonchev–Trinajstić information content (AvgIpc) is 3.06. The molecule has 5 nitrogen and oxygen atoms in total. The molecule has 0 saturated carbocycles. The lowest BCUT2D eigenvalue weighted by atomic mass is 9.95. The van der Waals surface area contributed by atoms with Crippen molar-refractivity contribution in [3.05, 3.63) is 59.4 Å². The van der Waals surface area contributed by atoms with Crippen molar-refractivity contribution in [1.82, 2.24) is 14.9 Å². The van der Waals surface area contributed by atoms with Crippen molar-refractivity contribution in [3.8, 4) is 5.75 Å². The van der Waals surface area contributed by atoms with Gasteiger partial charge in [-0.2, -0.15) is 0 Å². The second-order valence-electron chi connectivity index (χ2n) is 8.96. The fourth-order valence-corrected chi connectivity index (χ4v) is 3.42. The number of hydrogen-bond donors (Lipinski definition) is 1. The van der Waals surface area contributed by atoms with E-state index in [1.165, 1.54) is 11.1 Å². The minimum Gasteiger partial charge on any atom is -0.493 e. The van der Waals surface area contributed by atoms with Gasteiger partial charge in [-0.1, -0.05) is 45.0 Å². The van der Waals surface area contributed by atoms with Gasteiger partial charge >= 0.3 is 0 Å². The first kappa shape index (κ1) is 21.9. The van der Waals surface area contributed by atoms with Crippen LogP contribution in [0.1, 0.15) is 57.1 Å². The number of nitrogens with zero attached hydrogens (tertiary/aromatic N) is 2. The molecule has 2 aromatic carbocycles. The van der Waals surface area contributed by atoms with Gasteiger partial charge in [-0.25, -0.2) is 4.98 Å². The number of carbonyl (C=O) groups is 1. The molecular weight excluding hydrogens is 374 g/mol. The molecule has 1 atom stereocenters. The Balaban J connectivity index is 1.74. The lowest BCUT2D eigenvalue weighted by Crippen LogP contribution is -2.37. The third kappa shape index (κ3) is 4.84. The predicted octanol–water partition coefficient (Wildman–Crippen LogP) is 5.35. The van der Waals surface area contributed by atoms with E-state index in [4.69, 9.17) is 9.72 Å². The smallest absolute Gasteiger partial charge is 0.225 e. The van der Waals surface area contributed by atoms with Crippen molar-refractivity contribution in [3.63, 3.8) is 0 Å². The number of aromatic nitrogens is 2. The van der Waals surface area contributed by atoms with E-state index in [0.717, 1.165) is 35.6 Å². The first-order valence-electron chi connectivity index (χ1n) is 10.6. The monoisotopic (exact) mass is 407 g/mol. The van der Waals surface area contributed by atoms with Crippen LogP contribution < -0.4 is 10.1 Å². The topological polar surface area (TPSA) is 56.1 Å². The molecule has 1 amide bonds. The molecule has 0 radical (unpaired) electrons. The van der Waals surface area contributed by atoms with Crippen LogP contribution in [-0.4, -0.2) is 22.1 Å². The van der Waals surface area contributed by atoms with Gasteiger partial charge < -0.3 is 14.6 Å². The Morgan fingerprint density at radius 1 is 1.13 bits per heavy atom. The van der Waals surface area contributed by atoms with Crippen LogP contribution in [-0.2, 0) is 11.3 Å². The van der Waals surface area contributed by atoms with E-state index in [1.807, 2.05) is 58.0 Å². The van der Waals surface area contributed by atoms with Gasteiger partial charge in [0.2, 0.25) is 5.91 Å². The fourth-order valence-electron chi connectivity index (χ4n) is 3.42. The molecule has 3 rings (SSSR count). The zero-order chi connectivity index (χ0) is 21.9. The van der Waals surface area contributed by atoms with Gasteiger partial charge in [0.15, 0.2) is 0 Å². The number of fused-ring (bicyclic) bond motifs is 1. The third-order valence-corrected chi connectivity index (χ3v) is 5.44. The van der Waals surface area contributed by atoms with Crippen LogP contribution in [0.3, 0.4) is 0 Å². The molecule has 3 aromatic rings. The van der Waals surface area contributed by atoms with Gasteiger partial charge in [-0.15, -0.1) is 0 Å². The maximum absolute atomic E-state index is 12.5. The largest absolute Gasteiger partial charge is 0.493 e. The van der Waals surface area contributed by atoms with Crippen LogP contribution >= 0.6 is 0 Å². The normalized spacial score (nSPS) is 12.7. The van der Waals surface area contributed by atoms with E-state index in [0.29, 0.717) is 6.61 Å². The number of amides is 1. The highest BCUT2D eigenvalue weighted by atomic mass is 16.5. The molecule has 0 aliphatic heterocycles. The summed E-state index contributed by atoms with van der Waals surface area (Å²) in [5.41, 5.74) is 4.00. The van der Waals surface area contributed by atoms with E-state index in [1.54, 1.807) is 0 Å². The molecule has 1 heterocycles. The molecule has 0 saturated heterocycles. The van der Waals surface area contributed by atoms with Gasteiger partial charge in [0.25, 0.3) is 0 Å². The molecule has 0 aliphatic rings. The molecule has 160 valence electrons. The SMILES string of the molecule is Cc1cccc(OCCCn2c(C(C)NC(=O)C(C)(C)C)nc3ccccc32)c1C. The zero-order valence-electron chi connectivity index (χ0n) is 19.0. The number of ether oxygens (including phenoxy) is 1. The van der Waals surface area contributed by atoms with Gasteiger partial charge in [-0.05, 0) is 56.5 Å². The number of hydrogen-bond acceptors (Lipinski definition) is 3. The maximum Gasteiger partial charge on any atom is 0.225 e. The second kappa shape index (κ2) is 8.90. The summed E-state index contributed by atoms with van der Waals surface area (Å²) in [4.78, 5) is 17.3. The summed E-state index contributed by atoms with van der Waals surface area (Å²) >= 11 is 0. The lowest BCUT2D eigenvalue weighted by molar-refractivity contribution is -0.129. The molecule has 30 heavy (non-hydrogen) atoms. The number of aryl methyl sites for hydroxylation is 2. The van der Waals surface area contributed by atoms with Crippen molar-refractivity contribution in [2.75, 3.05) is 6.61 Å². The Kier molecular flexibility index (Phi) is 6.49. The summed E-state index contributed by atoms with van der Waals surface area (Å²) in [5.74, 6) is 1.84. The quantitative estimate of drug-likeness (QED) is 0.538. The number of carbonyl (C=O) groups excluding carboxylic acids is 1. The van der Waals surface area contributed by atoms with E-state index in [9.17, 15) is 4.79 Å². The Labute approximate surface area is 179 Å². The summed E-state index contributed by atoms with van der Waals surface area (Å²) in [6, 6.07) is 14.1. The van der Waals surface area contributed by atoms with Crippen molar-refractivity contribution in [2.24, 2.45) is 5.41 Å². The molecule has 0 aliphatic carbocycles. The number of benzene rings is 2. The lowest BCUT2D eigenvalue weighted by Gasteiger charge is -2.22. The Morgan fingerprint density at radius 2 is 1.87 bits per heavy atom. The average molecular weight is 408 g/mol. The fraction of sp³-hybridized carbons (Fsp3) is 0.440. The molecule has 1 N–H and O–H groups in total. The van der Waals surface area contributed by atoms with E-state index in [2.05, 4.69) is 35.9 Å². The highest BCUT2D eigenvalue weighted by molar-refractivity contribution is 5.82. The van der Waals surface area contributed by atoms with E-state index in [-0.39, 0.29) is 11.9 Å². The molecule has 5 heteroatoms. The summed E-state index contributed by atoms with van der Waals surface area (Å²) < 4.78 is 8.24. The Morgan fingerprint density at radius 3 is 2.60 bits per heavy atom. The third-order valence-electron chi connectivity index (χ3n) is 5.44. The molecular formula is C25H33N3O2. The van der Waals surface area contributed by atoms with Crippen molar-refractivity contribution < 1.29 is 9.53 Å². The van der Waals surface area contributed by atoms with Crippen LogP contribution in [0.2, 0.25) is 0 Å². The summed E-state index contributed by atoms with van der Waals surface area (Å²) in [6.45, 7) is 13.3. The molecule has 1 unspecified atom stereocenters. The number of rotatable bonds is 7. The molecule has 0 fully saturated rings. The number of para-hydroxylation sites is 2. The number of nitrogens with one attached hydrogen (secondary N) is 1. The minimum atomic E-state index is -0.440. The Hall–Kier alpha value is -2.82. The highest BCUT2D eigenvalue weighted by Gasteiger charge is 2.25. The van der Waals surface area contributed by atoms with Gasteiger partial charge in [0.1, 0.15) is 11.6 Å². The van der Waals surface area contributed by atoms with Crippen molar-refractivity contribution >= 4 is 16.9 Å². The van der Waals surface area contributed by atoms with Crippen LogP contribution in [0.4, 0.5) is 0 Å². The van der Waals surface area contributed by atoms with Gasteiger partial charge in [-0.3, -0.25) is 4.79 Å². The van der Waals surface area contributed by atoms with Crippen LogP contribution in [0.25, 0.3) is 11.0 Å². The van der Waals surface area contributed by atoms with Gasteiger partial charge in [0.05, 0.1) is 23.7 Å². The first-order chi connectivity index (χ1) is 14.2. The standard InChI is InChI=1S/C25H33N3O2/c1-17-11-9-14-22(18(17)2)30-16-10-15-28-21-13-8-7-12-20(21)27-23(28)19(3)26-24(29)25(4,5)6/h7-9,11-14,19H,10,15-16H2,1-6H3,(H,26,29). The minimum absolute atomic E-state index is 0.0202. The molecule has 0 spiro atoms. The zero-order valence-corrected chi connectivity index (χ0v) is 19.0.